The molecule has 22 heavy (non-hydrogen) atoms. The van der Waals surface area contributed by atoms with E-state index in [0.717, 1.165) is 30.9 Å². The van der Waals surface area contributed by atoms with Crippen LogP contribution >= 0.6 is 24.0 Å². The van der Waals surface area contributed by atoms with Gasteiger partial charge in [0.15, 0.2) is 5.96 Å². The normalized spacial score (nSPS) is 22.1. The molecule has 1 unspecified atom stereocenters. The lowest BCUT2D eigenvalue weighted by Gasteiger charge is -2.24. The summed E-state index contributed by atoms with van der Waals surface area (Å²) in [4.78, 5) is 9.47. The van der Waals surface area contributed by atoms with Gasteiger partial charge in [0.2, 0.25) is 0 Å². The summed E-state index contributed by atoms with van der Waals surface area (Å²) in [5.74, 6) is 2.96. The Morgan fingerprint density at radius 3 is 2.50 bits per heavy atom. The highest BCUT2D eigenvalue weighted by Gasteiger charge is 2.26. The van der Waals surface area contributed by atoms with Crippen LogP contribution in [-0.2, 0) is 0 Å². The molecule has 1 atom stereocenters. The van der Waals surface area contributed by atoms with Crippen molar-refractivity contribution in [1.29, 1.82) is 0 Å². The summed E-state index contributed by atoms with van der Waals surface area (Å²) in [6.45, 7) is 11.5. The third-order valence-corrected chi connectivity index (χ3v) is 4.98. The number of guanidine groups is 1. The second-order valence-electron chi connectivity index (χ2n) is 6.65. The van der Waals surface area contributed by atoms with E-state index in [-0.39, 0.29) is 24.0 Å². The Balaban J connectivity index is 0.00000242. The zero-order valence-electron chi connectivity index (χ0n) is 14.7. The van der Waals surface area contributed by atoms with Gasteiger partial charge in [0.1, 0.15) is 0 Å². The standard InChI is InChI=1S/C17H34N4.HI/c1-4-20(5-2)13-16-10-12-21(14-16)17(18-3)19-11-6-7-15-8-9-15;/h15-16H,4-14H2,1-3H3,(H,18,19);1H. The monoisotopic (exact) mass is 422 g/mol. The lowest BCUT2D eigenvalue weighted by Crippen LogP contribution is -2.41. The molecule has 5 heteroatoms. The average molecular weight is 422 g/mol. The summed E-state index contributed by atoms with van der Waals surface area (Å²) in [5.41, 5.74) is 0. The van der Waals surface area contributed by atoms with Crippen molar-refractivity contribution in [2.45, 2.75) is 46.0 Å². The Bertz CT molecular complexity index is 327. The van der Waals surface area contributed by atoms with Crippen molar-refractivity contribution in [2.24, 2.45) is 16.8 Å². The minimum Gasteiger partial charge on any atom is -0.356 e. The molecule has 2 aliphatic rings. The topological polar surface area (TPSA) is 30.9 Å². The number of likely N-dealkylation sites (tertiary alicyclic amines) is 1. The highest BCUT2D eigenvalue weighted by Crippen LogP contribution is 2.33. The Labute approximate surface area is 154 Å². The maximum atomic E-state index is 4.47. The lowest BCUT2D eigenvalue weighted by molar-refractivity contribution is 0.255. The van der Waals surface area contributed by atoms with Crippen molar-refractivity contribution in [3.8, 4) is 0 Å². The zero-order valence-corrected chi connectivity index (χ0v) is 17.0. The second-order valence-corrected chi connectivity index (χ2v) is 6.65. The SMILES string of the molecule is CCN(CC)CC1CCN(C(=NC)NCCCC2CC2)C1.I. The molecule has 4 nitrogen and oxygen atoms in total. The molecule has 1 heterocycles. The molecule has 1 N–H and O–H groups in total. The van der Waals surface area contributed by atoms with Gasteiger partial charge in [0, 0.05) is 33.2 Å². The predicted molar refractivity (Wildman–Crippen MR) is 106 cm³/mol. The van der Waals surface area contributed by atoms with E-state index in [2.05, 4.69) is 34.0 Å². The molecule has 1 aliphatic carbocycles. The second kappa shape index (κ2) is 10.7. The fourth-order valence-electron chi connectivity index (χ4n) is 3.35. The number of nitrogens with zero attached hydrogens (tertiary/aromatic N) is 3. The average Bonchev–Trinajstić information content (AvgIpc) is 3.22. The van der Waals surface area contributed by atoms with Crippen molar-refractivity contribution in [1.82, 2.24) is 15.1 Å². The molecule has 2 fully saturated rings. The van der Waals surface area contributed by atoms with Gasteiger partial charge in [-0.1, -0.05) is 26.7 Å². The first-order valence-corrected chi connectivity index (χ1v) is 8.94. The van der Waals surface area contributed by atoms with E-state index in [1.807, 2.05) is 7.05 Å². The van der Waals surface area contributed by atoms with Crippen LogP contribution in [0, 0.1) is 11.8 Å². The van der Waals surface area contributed by atoms with Crippen LogP contribution in [0.15, 0.2) is 4.99 Å². The Hall–Kier alpha value is -0.0400. The number of rotatable bonds is 8. The minimum absolute atomic E-state index is 0. The minimum atomic E-state index is 0. The third kappa shape index (κ3) is 6.60. The van der Waals surface area contributed by atoms with Crippen LogP contribution < -0.4 is 5.32 Å². The highest BCUT2D eigenvalue weighted by molar-refractivity contribution is 14.0. The van der Waals surface area contributed by atoms with Gasteiger partial charge in [-0.05, 0) is 44.2 Å². The number of hydrogen-bond acceptors (Lipinski definition) is 2. The molecule has 0 aromatic heterocycles. The van der Waals surface area contributed by atoms with Gasteiger partial charge >= 0.3 is 0 Å². The summed E-state index contributed by atoms with van der Waals surface area (Å²) in [7, 11) is 1.92. The Morgan fingerprint density at radius 1 is 1.18 bits per heavy atom. The van der Waals surface area contributed by atoms with Gasteiger partial charge < -0.3 is 15.1 Å². The fraction of sp³-hybridized carbons (Fsp3) is 0.941. The molecule has 0 radical (unpaired) electrons. The van der Waals surface area contributed by atoms with Crippen LogP contribution in [-0.4, -0.2) is 62.1 Å². The van der Waals surface area contributed by atoms with Crippen LogP contribution in [0.3, 0.4) is 0 Å². The number of hydrogen-bond donors (Lipinski definition) is 1. The number of nitrogens with one attached hydrogen (secondary N) is 1. The maximum absolute atomic E-state index is 4.47. The molecule has 0 aromatic carbocycles. The molecule has 0 aromatic rings. The zero-order chi connectivity index (χ0) is 15.1. The largest absolute Gasteiger partial charge is 0.356 e. The summed E-state index contributed by atoms with van der Waals surface area (Å²) in [5, 5.41) is 3.56. The highest BCUT2D eigenvalue weighted by atomic mass is 127. The molecule has 2 rings (SSSR count). The third-order valence-electron chi connectivity index (χ3n) is 4.98. The molecule has 130 valence electrons. The van der Waals surface area contributed by atoms with Crippen molar-refractivity contribution < 1.29 is 0 Å². The van der Waals surface area contributed by atoms with Gasteiger partial charge in [-0.15, -0.1) is 24.0 Å². The molecule has 0 spiro atoms. The van der Waals surface area contributed by atoms with Gasteiger partial charge in [-0.2, -0.15) is 0 Å². The van der Waals surface area contributed by atoms with Gasteiger partial charge in [0.25, 0.3) is 0 Å². The van der Waals surface area contributed by atoms with Crippen LogP contribution in [0.4, 0.5) is 0 Å². The lowest BCUT2D eigenvalue weighted by atomic mass is 10.1. The van der Waals surface area contributed by atoms with E-state index < -0.39 is 0 Å². The smallest absolute Gasteiger partial charge is 0.193 e. The summed E-state index contributed by atoms with van der Waals surface area (Å²) < 4.78 is 0. The molecule has 0 bridgehead atoms. The predicted octanol–water partition coefficient (Wildman–Crippen LogP) is 3.03. The van der Waals surface area contributed by atoms with Crippen LogP contribution in [0.2, 0.25) is 0 Å². The van der Waals surface area contributed by atoms with E-state index in [9.17, 15) is 0 Å². The molecule has 1 aliphatic heterocycles. The van der Waals surface area contributed by atoms with Crippen LogP contribution in [0.5, 0.6) is 0 Å². The summed E-state index contributed by atoms with van der Waals surface area (Å²) >= 11 is 0. The van der Waals surface area contributed by atoms with E-state index in [1.54, 1.807) is 0 Å². The van der Waals surface area contributed by atoms with E-state index in [0.29, 0.717) is 0 Å². The number of aliphatic imine (C=N–C) groups is 1. The van der Waals surface area contributed by atoms with E-state index >= 15 is 0 Å². The van der Waals surface area contributed by atoms with Crippen molar-refractivity contribution in [3.05, 3.63) is 0 Å². The maximum Gasteiger partial charge on any atom is 0.193 e. The summed E-state index contributed by atoms with van der Waals surface area (Å²) in [6, 6.07) is 0. The van der Waals surface area contributed by atoms with Crippen LogP contribution in [0.1, 0.15) is 46.0 Å². The van der Waals surface area contributed by atoms with Gasteiger partial charge in [-0.3, -0.25) is 4.99 Å². The first-order chi connectivity index (χ1) is 10.3. The molecule has 1 saturated heterocycles. The van der Waals surface area contributed by atoms with Crippen molar-refractivity contribution in [3.63, 3.8) is 0 Å². The summed E-state index contributed by atoms with van der Waals surface area (Å²) in [6.07, 6.45) is 6.93. The Morgan fingerprint density at radius 2 is 1.91 bits per heavy atom. The van der Waals surface area contributed by atoms with E-state index in [1.165, 1.54) is 58.3 Å². The molecule has 0 amide bonds. The van der Waals surface area contributed by atoms with Crippen molar-refractivity contribution in [2.75, 3.05) is 46.3 Å². The quantitative estimate of drug-likeness (QED) is 0.282. The number of halogens is 1. The fourth-order valence-corrected chi connectivity index (χ4v) is 3.35. The van der Waals surface area contributed by atoms with Gasteiger partial charge in [-0.25, -0.2) is 0 Å². The molecular weight excluding hydrogens is 387 g/mol. The van der Waals surface area contributed by atoms with Crippen LogP contribution in [0.25, 0.3) is 0 Å². The first-order valence-electron chi connectivity index (χ1n) is 8.94. The van der Waals surface area contributed by atoms with Gasteiger partial charge in [0.05, 0.1) is 0 Å². The van der Waals surface area contributed by atoms with E-state index in [4.69, 9.17) is 0 Å². The Kier molecular flexibility index (Phi) is 9.71. The molecule has 1 saturated carbocycles. The molecular formula is C17H35IN4. The first kappa shape index (κ1) is 20.0. The van der Waals surface area contributed by atoms with Crippen molar-refractivity contribution >= 4 is 29.9 Å².